The molecule has 1 nitrogen and oxygen atoms in total. The fourth-order valence-corrected chi connectivity index (χ4v) is 3.64. The highest BCUT2D eigenvalue weighted by atomic mass is 127. The van der Waals surface area contributed by atoms with Crippen LogP contribution in [0.5, 0.6) is 0 Å². The second-order valence-electron chi connectivity index (χ2n) is 3.87. The molecule has 1 aromatic carbocycles. The lowest BCUT2D eigenvalue weighted by molar-refractivity contribution is 0.802. The van der Waals surface area contributed by atoms with Crippen molar-refractivity contribution in [2.24, 2.45) is 0 Å². The van der Waals surface area contributed by atoms with Crippen molar-refractivity contribution in [3.8, 4) is 6.07 Å². The van der Waals surface area contributed by atoms with E-state index in [1.54, 1.807) is 0 Å². The third kappa shape index (κ3) is 0.936. The Morgan fingerprint density at radius 1 is 1.43 bits per heavy atom. The summed E-state index contributed by atoms with van der Waals surface area (Å²) < 4.78 is 1.45. The summed E-state index contributed by atoms with van der Waals surface area (Å²) in [4.78, 5) is 0. The molecule has 0 amide bonds. The van der Waals surface area contributed by atoms with E-state index in [1.807, 2.05) is 12.1 Å². The molecule has 2 aliphatic rings. The predicted molar refractivity (Wildman–Crippen MR) is 63.4 cm³/mol. The van der Waals surface area contributed by atoms with Crippen molar-refractivity contribution in [2.75, 3.05) is 0 Å². The van der Waals surface area contributed by atoms with Crippen molar-refractivity contribution in [2.45, 2.75) is 18.3 Å². The van der Waals surface area contributed by atoms with Gasteiger partial charge in [-0.3, -0.25) is 0 Å². The molecule has 0 saturated carbocycles. The molecule has 0 radical (unpaired) electrons. The summed E-state index contributed by atoms with van der Waals surface area (Å²) in [6.07, 6.45) is 3.50. The van der Waals surface area contributed by atoms with Gasteiger partial charge in [0, 0.05) is 11.8 Å². The van der Waals surface area contributed by atoms with Crippen LogP contribution in [0.2, 0.25) is 0 Å². The van der Waals surface area contributed by atoms with Crippen LogP contribution < -0.4 is 0 Å². The highest BCUT2D eigenvalue weighted by Crippen LogP contribution is 2.54. The maximum Gasteiger partial charge on any atom is 0.0994 e. The van der Waals surface area contributed by atoms with Crippen LogP contribution in [0, 0.1) is 11.3 Å². The van der Waals surface area contributed by atoms with Crippen molar-refractivity contribution in [3.63, 3.8) is 0 Å². The number of allylic oxidation sites excluding steroid dienone is 2. The Labute approximate surface area is 96.6 Å². The van der Waals surface area contributed by atoms with Gasteiger partial charge in [0.15, 0.2) is 0 Å². The molecular formula is C12H8IN. The van der Waals surface area contributed by atoms with Gasteiger partial charge in [0.1, 0.15) is 0 Å². The van der Waals surface area contributed by atoms with Gasteiger partial charge in [-0.15, -0.1) is 0 Å². The number of hydrogen-bond acceptors (Lipinski definition) is 1. The quantitative estimate of drug-likeness (QED) is 0.672. The summed E-state index contributed by atoms with van der Waals surface area (Å²) in [7, 11) is 0. The second-order valence-corrected chi connectivity index (χ2v) is 5.11. The first-order valence-corrected chi connectivity index (χ1v) is 5.79. The Kier molecular flexibility index (Phi) is 1.72. The number of fused-ring (bicyclic) bond motifs is 5. The SMILES string of the molecule is N#Cc1cccc2c1C1C=C(I)C2C1. The van der Waals surface area contributed by atoms with E-state index in [9.17, 15) is 0 Å². The van der Waals surface area contributed by atoms with Crippen LogP contribution in [-0.4, -0.2) is 0 Å². The van der Waals surface area contributed by atoms with Crippen LogP contribution in [0.25, 0.3) is 0 Å². The molecule has 0 aliphatic heterocycles. The average molecular weight is 293 g/mol. The summed E-state index contributed by atoms with van der Waals surface area (Å²) in [6.45, 7) is 0. The number of halogens is 1. The largest absolute Gasteiger partial charge is 0.192 e. The van der Waals surface area contributed by atoms with E-state index in [4.69, 9.17) is 5.26 Å². The molecule has 0 aromatic heterocycles. The number of nitriles is 1. The van der Waals surface area contributed by atoms with Gasteiger partial charge in [-0.1, -0.05) is 18.2 Å². The van der Waals surface area contributed by atoms with Crippen LogP contribution in [0.15, 0.2) is 27.9 Å². The van der Waals surface area contributed by atoms with Crippen LogP contribution in [0.4, 0.5) is 0 Å². The smallest absolute Gasteiger partial charge is 0.0994 e. The Morgan fingerprint density at radius 3 is 3.07 bits per heavy atom. The normalized spacial score (nSPS) is 27.0. The van der Waals surface area contributed by atoms with Gasteiger partial charge >= 0.3 is 0 Å². The summed E-state index contributed by atoms with van der Waals surface area (Å²) in [6, 6.07) is 8.40. The molecule has 2 heteroatoms. The maximum atomic E-state index is 9.02. The molecule has 2 bridgehead atoms. The fraction of sp³-hybridized carbons (Fsp3) is 0.250. The number of hydrogen-bond donors (Lipinski definition) is 0. The molecule has 2 atom stereocenters. The van der Waals surface area contributed by atoms with Gasteiger partial charge in [-0.05, 0) is 49.8 Å². The van der Waals surface area contributed by atoms with Crippen molar-refractivity contribution in [3.05, 3.63) is 44.5 Å². The number of nitrogens with zero attached hydrogens (tertiary/aromatic N) is 1. The molecule has 0 spiro atoms. The van der Waals surface area contributed by atoms with Gasteiger partial charge in [-0.2, -0.15) is 5.26 Å². The van der Waals surface area contributed by atoms with E-state index in [0.717, 1.165) is 5.56 Å². The summed E-state index contributed by atoms with van der Waals surface area (Å²) in [5.41, 5.74) is 3.55. The van der Waals surface area contributed by atoms with E-state index in [2.05, 4.69) is 40.8 Å². The molecule has 0 heterocycles. The van der Waals surface area contributed by atoms with Gasteiger partial charge in [0.25, 0.3) is 0 Å². The molecule has 0 fully saturated rings. The fourth-order valence-electron chi connectivity index (χ4n) is 2.62. The Morgan fingerprint density at radius 2 is 2.29 bits per heavy atom. The second kappa shape index (κ2) is 2.83. The monoisotopic (exact) mass is 293 g/mol. The van der Waals surface area contributed by atoms with Crippen molar-refractivity contribution in [1.82, 2.24) is 0 Å². The molecule has 68 valence electrons. The lowest BCUT2D eigenvalue weighted by atomic mass is 9.93. The van der Waals surface area contributed by atoms with E-state index in [-0.39, 0.29) is 0 Å². The molecule has 1 aromatic rings. The van der Waals surface area contributed by atoms with Crippen molar-refractivity contribution in [1.29, 1.82) is 5.26 Å². The molecule has 0 saturated heterocycles. The molecule has 2 aliphatic carbocycles. The van der Waals surface area contributed by atoms with Crippen LogP contribution in [-0.2, 0) is 0 Å². The number of rotatable bonds is 0. The minimum Gasteiger partial charge on any atom is -0.192 e. The van der Waals surface area contributed by atoms with E-state index in [0.29, 0.717) is 11.8 Å². The van der Waals surface area contributed by atoms with Crippen LogP contribution >= 0.6 is 22.6 Å². The van der Waals surface area contributed by atoms with E-state index in [1.165, 1.54) is 21.1 Å². The average Bonchev–Trinajstić information content (AvgIpc) is 2.74. The lowest BCUT2D eigenvalue weighted by Gasteiger charge is -2.13. The Bertz CT molecular complexity index is 482. The van der Waals surface area contributed by atoms with E-state index < -0.39 is 0 Å². The van der Waals surface area contributed by atoms with Gasteiger partial charge in [0.2, 0.25) is 0 Å². The third-order valence-electron chi connectivity index (χ3n) is 3.19. The summed E-state index contributed by atoms with van der Waals surface area (Å²) in [5.74, 6) is 1.10. The van der Waals surface area contributed by atoms with E-state index >= 15 is 0 Å². The van der Waals surface area contributed by atoms with Gasteiger partial charge in [0.05, 0.1) is 11.6 Å². The molecule has 0 N–H and O–H groups in total. The molecule has 3 rings (SSSR count). The minimum atomic E-state index is 0.512. The molecular weight excluding hydrogens is 285 g/mol. The molecule has 14 heavy (non-hydrogen) atoms. The zero-order valence-electron chi connectivity index (χ0n) is 7.50. The summed E-state index contributed by atoms with van der Waals surface area (Å²) >= 11 is 2.42. The maximum absolute atomic E-state index is 9.02. The first-order valence-electron chi connectivity index (χ1n) is 4.71. The van der Waals surface area contributed by atoms with Crippen molar-refractivity contribution < 1.29 is 0 Å². The topological polar surface area (TPSA) is 23.8 Å². The van der Waals surface area contributed by atoms with Crippen LogP contribution in [0.3, 0.4) is 0 Å². The predicted octanol–water partition coefficient (Wildman–Crippen LogP) is 3.46. The molecule has 2 unspecified atom stereocenters. The number of benzene rings is 1. The lowest BCUT2D eigenvalue weighted by Crippen LogP contribution is -1.98. The van der Waals surface area contributed by atoms with Crippen molar-refractivity contribution >= 4 is 22.6 Å². The minimum absolute atomic E-state index is 0.512. The highest BCUT2D eigenvalue weighted by Gasteiger charge is 2.38. The zero-order chi connectivity index (χ0) is 9.71. The van der Waals surface area contributed by atoms with Crippen LogP contribution in [0.1, 0.15) is 34.9 Å². The highest BCUT2D eigenvalue weighted by molar-refractivity contribution is 14.1. The van der Waals surface area contributed by atoms with Gasteiger partial charge in [-0.25, -0.2) is 0 Å². The Balaban J connectivity index is 2.27. The first kappa shape index (κ1) is 8.49. The summed E-state index contributed by atoms with van der Waals surface area (Å²) in [5, 5.41) is 9.02. The standard InChI is InChI=1S/C12H8IN/c13-11-5-8-4-10(11)9-3-1-2-7(6-14)12(8)9/h1-3,5,8,10H,4H2. The first-order chi connectivity index (χ1) is 6.81. The third-order valence-corrected chi connectivity index (χ3v) is 4.30. The van der Waals surface area contributed by atoms with Gasteiger partial charge < -0.3 is 0 Å². The zero-order valence-corrected chi connectivity index (χ0v) is 9.65. The Hall–Kier alpha value is -0.820.